The highest BCUT2D eigenvalue weighted by Gasteiger charge is 2.41. The lowest BCUT2D eigenvalue weighted by Gasteiger charge is -2.41. The molecule has 0 heterocycles. The number of hydrogen-bond donors (Lipinski definition) is 3. The smallest absolute Gasteiger partial charge is 0.407 e. The first kappa shape index (κ1) is 23.4. The summed E-state index contributed by atoms with van der Waals surface area (Å²) in [5, 5.41) is 15.2. The van der Waals surface area contributed by atoms with Crippen molar-refractivity contribution in [3.8, 4) is 11.1 Å². The minimum Gasteiger partial charge on any atom is -0.481 e. The summed E-state index contributed by atoms with van der Waals surface area (Å²) in [5.41, 5.74) is 4.08. The molecule has 2 unspecified atom stereocenters. The number of carboxylic acid groups (broad SMARTS) is 1. The predicted octanol–water partition coefficient (Wildman–Crippen LogP) is 4.46. The minimum atomic E-state index is -0.783. The van der Waals surface area contributed by atoms with Gasteiger partial charge in [-0.2, -0.15) is 0 Å². The second kappa shape index (κ2) is 9.72. The van der Waals surface area contributed by atoms with Gasteiger partial charge in [-0.1, -0.05) is 55.0 Å². The molecule has 184 valence electrons. The van der Waals surface area contributed by atoms with Gasteiger partial charge in [0.2, 0.25) is 5.91 Å². The van der Waals surface area contributed by atoms with Gasteiger partial charge in [0.25, 0.3) is 0 Å². The third-order valence-electron chi connectivity index (χ3n) is 8.06. The van der Waals surface area contributed by atoms with Gasteiger partial charge in [-0.25, -0.2) is 4.79 Å². The first-order valence-corrected chi connectivity index (χ1v) is 12.6. The highest BCUT2D eigenvalue weighted by atomic mass is 16.5. The van der Waals surface area contributed by atoms with Crippen molar-refractivity contribution in [2.75, 3.05) is 13.2 Å². The van der Waals surface area contributed by atoms with Crippen LogP contribution < -0.4 is 10.6 Å². The number of carbonyl (C=O) groups is 3. The SMILES string of the molecule is O=C(CC1(NC(=O)OCC2c3ccccc3-c3ccccc32)CCC1)NCC1CCCC1C(=O)O. The van der Waals surface area contributed by atoms with Gasteiger partial charge in [-0.3, -0.25) is 9.59 Å². The molecule has 0 saturated heterocycles. The molecule has 2 atom stereocenters. The Morgan fingerprint density at radius 3 is 2.20 bits per heavy atom. The van der Waals surface area contributed by atoms with Gasteiger partial charge < -0.3 is 20.5 Å². The summed E-state index contributed by atoms with van der Waals surface area (Å²) in [5.74, 6) is -1.35. The van der Waals surface area contributed by atoms with E-state index < -0.39 is 17.6 Å². The Morgan fingerprint density at radius 2 is 1.60 bits per heavy atom. The fourth-order valence-corrected chi connectivity index (χ4v) is 6.02. The fourth-order valence-electron chi connectivity index (χ4n) is 6.02. The molecule has 0 radical (unpaired) electrons. The summed E-state index contributed by atoms with van der Waals surface area (Å²) < 4.78 is 5.69. The van der Waals surface area contributed by atoms with Crippen molar-refractivity contribution < 1.29 is 24.2 Å². The minimum absolute atomic E-state index is 0.0117. The van der Waals surface area contributed by atoms with Crippen LogP contribution in [0.1, 0.15) is 62.0 Å². The summed E-state index contributed by atoms with van der Waals surface area (Å²) in [6.07, 6.45) is 4.45. The number of aliphatic carboxylic acids is 1. The molecule has 7 heteroatoms. The molecule has 0 spiro atoms. The van der Waals surface area contributed by atoms with Crippen molar-refractivity contribution >= 4 is 18.0 Å². The number of fused-ring (bicyclic) bond motifs is 3. The van der Waals surface area contributed by atoms with Gasteiger partial charge in [0, 0.05) is 18.9 Å². The van der Waals surface area contributed by atoms with Crippen LogP contribution in [0.5, 0.6) is 0 Å². The average molecular weight is 477 g/mol. The second-order valence-corrected chi connectivity index (χ2v) is 10.2. The van der Waals surface area contributed by atoms with Gasteiger partial charge >= 0.3 is 12.1 Å². The number of alkyl carbamates (subject to hydrolysis) is 1. The van der Waals surface area contributed by atoms with E-state index in [0.29, 0.717) is 13.0 Å². The van der Waals surface area contributed by atoms with Crippen LogP contribution in [-0.4, -0.2) is 41.8 Å². The molecule has 3 aliphatic rings. The van der Waals surface area contributed by atoms with Gasteiger partial charge in [-0.05, 0) is 60.3 Å². The van der Waals surface area contributed by atoms with Crippen LogP contribution in [0.3, 0.4) is 0 Å². The number of carboxylic acids is 1. The van der Waals surface area contributed by atoms with Crippen LogP contribution in [0.2, 0.25) is 0 Å². The maximum atomic E-state index is 12.8. The molecular weight excluding hydrogens is 444 g/mol. The van der Waals surface area contributed by atoms with E-state index in [-0.39, 0.29) is 36.7 Å². The van der Waals surface area contributed by atoms with Crippen LogP contribution in [0.25, 0.3) is 11.1 Å². The van der Waals surface area contributed by atoms with Crippen molar-refractivity contribution in [2.45, 2.75) is 56.4 Å². The number of ether oxygens (including phenoxy) is 1. The molecule has 2 aromatic rings. The van der Waals surface area contributed by atoms with Crippen LogP contribution in [0.15, 0.2) is 48.5 Å². The molecule has 35 heavy (non-hydrogen) atoms. The van der Waals surface area contributed by atoms with Gasteiger partial charge in [-0.15, -0.1) is 0 Å². The Morgan fingerprint density at radius 1 is 0.943 bits per heavy atom. The average Bonchev–Trinajstić information content (AvgIpc) is 3.43. The predicted molar refractivity (Wildman–Crippen MR) is 131 cm³/mol. The zero-order chi connectivity index (χ0) is 24.4. The normalized spacial score (nSPS) is 21.9. The molecular formula is C28H32N2O5. The standard InChI is InChI=1S/C28H32N2O5/c31-25(29-16-18-7-5-12-19(18)26(32)33)15-28(13-6-14-28)30-27(34)35-17-24-22-10-3-1-8-20(22)21-9-2-4-11-23(21)24/h1-4,8-11,18-19,24H,5-7,12-17H2,(H,29,31)(H,30,34)(H,32,33). The molecule has 0 aromatic heterocycles. The number of hydrogen-bond acceptors (Lipinski definition) is 4. The monoisotopic (exact) mass is 476 g/mol. The van der Waals surface area contributed by atoms with E-state index in [0.717, 1.165) is 43.2 Å². The van der Waals surface area contributed by atoms with E-state index in [1.54, 1.807) is 0 Å². The lowest BCUT2D eigenvalue weighted by molar-refractivity contribution is -0.143. The molecule has 2 aromatic carbocycles. The van der Waals surface area contributed by atoms with Crippen molar-refractivity contribution in [3.63, 3.8) is 0 Å². The summed E-state index contributed by atoms with van der Waals surface area (Å²) in [7, 11) is 0. The zero-order valence-corrected chi connectivity index (χ0v) is 19.8. The van der Waals surface area contributed by atoms with Crippen LogP contribution in [0.4, 0.5) is 4.79 Å². The van der Waals surface area contributed by atoms with Crippen LogP contribution in [-0.2, 0) is 14.3 Å². The van der Waals surface area contributed by atoms with Gasteiger partial charge in [0.1, 0.15) is 6.61 Å². The lowest BCUT2D eigenvalue weighted by atomic mass is 9.74. The lowest BCUT2D eigenvalue weighted by Crippen LogP contribution is -2.56. The van der Waals surface area contributed by atoms with Crippen molar-refractivity contribution in [3.05, 3.63) is 59.7 Å². The largest absolute Gasteiger partial charge is 0.481 e. The van der Waals surface area contributed by atoms with Crippen molar-refractivity contribution in [1.29, 1.82) is 0 Å². The number of nitrogens with one attached hydrogen (secondary N) is 2. The van der Waals surface area contributed by atoms with E-state index in [1.807, 2.05) is 24.3 Å². The number of carbonyl (C=O) groups excluding carboxylic acids is 2. The molecule has 2 amide bonds. The Hall–Kier alpha value is -3.35. The van der Waals surface area contributed by atoms with E-state index in [9.17, 15) is 19.5 Å². The van der Waals surface area contributed by atoms with Crippen molar-refractivity contribution in [1.82, 2.24) is 10.6 Å². The molecule has 3 aliphatic carbocycles. The highest BCUT2D eigenvalue weighted by Crippen LogP contribution is 2.44. The van der Waals surface area contributed by atoms with Crippen LogP contribution >= 0.6 is 0 Å². The Kier molecular flexibility index (Phi) is 6.50. The number of amides is 2. The third kappa shape index (κ3) is 4.77. The zero-order valence-electron chi connectivity index (χ0n) is 19.8. The summed E-state index contributed by atoms with van der Waals surface area (Å²) in [4.78, 5) is 36.8. The molecule has 2 fully saturated rings. The molecule has 0 bridgehead atoms. The highest BCUT2D eigenvalue weighted by molar-refractivity contribution is 5.80. The van der Waals surface area contributed by atoms with Crippen LogP contribution in [0, 0.1) is 11.8 Å². The van der Waals surface area contributed by atoms with Crippen molar-refractivity contribution in [2.24, 2.45) is 11.8 Å². The number of rotatable bonds is 8. The third-order valence-corrected chi connectivity index (χ3v) is 8.06. The molecule has 7 nitrogen and oxygen atoms in total. The fraction of sp³-hybridized carbons (Fsp3) is 0.464. The Bertz CT molecular complexity index is 1080. The molecule has 0 aliphatic heterocycles. The van der Waals surface area contributed by atoms with E-state index in [1.165, 1.54) is 11.1 Å². The maximum Gasteiger partial charge on any atom is 0.407 e. The van der Waals surface area contributed by atoms with Gasteiger partial charge in [0.15, 0.2) is 0 Å². The van der Waals surface area contributed by atoms with E-state index in [4.69, 9.17) is 4.74 Å². The van der Waals surface area contributed by atoms with E-state index in [2.05, 4.69) is 34.9 Å². The molecule has 2 saturated carbocycles. The summed E-state index contributed by atoms with van der Waals surface area (Å²) in [6.45, 7) is 0.608. The second-order valence-electron chi connectivity index (χ2n) is 10.2. The molecule has 5 rings (SSSR count). The maximum absolute atomic E-state index is 12.8. The molecule has 3 N–H and O–H groups in total. The Balaban J connectivity index is 1.15. The summed E-state index contributed by atoms with van der Waals surface area (Å²) in [6, 6.07) is 16.4. The topological polar surface area (TPSA) is 105 Å². The number of benzene rings is 2. The Labute approximate surface area is 205 Å². The quantitative estimate of drug-likeness (QED) is 0.522. The van der Waals surface area contributed by atoms with E-state index >= 15 is 0 Å². The van der Waals surface area contributed by atoms with Gasteiger partial charge in [0.05, 0.1) is 11.5 Å². The first-order valence-electron chi connectivity index (χ1n) is 12.6. The first-order chi connectivity index (χ1) is 17.0. The summed E-state index contributed by atoms with van der Waals surface area (Å²) >= 11 is 0.